The van der Waals surface area contributed by atoms with Gasteiger partial charge in [-0.3, -0.25) is 4.79 Å². The van der Waals surface area contributed by atoms with Gasteiger partial charge in [-0.1, -0.05) is 13.8 Å². The van der Waals surface area contributed by atoms with E-state index in [9.17, 15) is 4.79 Å². The zero-order chi connectivity index (χ0) is 13.5. The average Bonchev–Trinajstić information content (AvgIpc) is 2.40. The zero-order valence-corrected chi connectivity index (χ0v) is 12.0. The molecule has 0 bridgehead atoms. The summed E-state index contributed by atoms with van der Waals surface area (Å²) in [5.74, 6) is 0.701. The smallest absolute Gasteiger partial charge is 0.232 e. The molecule has 0 spiro atoms. The fourth-order valence-corrected chi connectivity index (χ4v) is 2.38. The number of amides is 1. The molecule has 0 aliphatic carbocycles. The molecule has 4 heteroatoms. The summed E-state index contributed by atoms with van der Waals surface area (Å²) in [6.07, 6.45) is 0.656. The van der Waals surface area contributed by atoms with E-state index in [1.807, 2.05) is 31.2 Å². The van der Waals surface area contributed by atoms with Gasteiger partial charge in [0.1, 0.15) is 0 Å². The molecule has 0 radical (unpaired) electrons. The topological polar surface area (TPSA) is 40.5 Å². The van der Waals surface area contributed by atoms with E-state index in [4.69, 9.17) is 5.11 Å². The fourth-order valence-electron chi connectivity index (χ4n) is 1.72. The molecule has 1 aromatic carbocycles. The largest absolute Gasteiger partial charge is 0.396 e. The van der Waals surface area contributed by atoms with E-state index >= 15 is 0 Å². The van der Waals surface area contributed by atoms with Gasteiger partial charge in [0.25, 0.3) is 0 Å². The molecule has 0 heterocycles. The maximum Gasteiger partial charge on any atom is 0.232 e. The zero-order valence-electron chi connectivity index (χ0n) is 11.2. The molecule has 0 saturated carbocycles. The van der Waals surface area contributed by atoms with Crippen LogP contribution in [0, 0.1) is 5.92 Å². The minimum atomic E-state index is -0.306. The number of nitrogens with zero attached hydrogens (tertiary/aromatic N) is 1. The molecule has 0 saturated heterocycles. The predicted molar refractivity (Wildman–Crippen MR) is 77.1 cm³/mol. The molecule has 0 fully saturated rings. The molecule has 1 unspecified atom stereocenters. The normalized spacial score (nSPS) is 12.2. The second-order valence-electron chi connectivity index (χ2n) is 4.11. The van der Waals surface area contributed by atoms with Crippen LogP contribution in [0.2, 0.25) is 0 Å². The standard InChI is InChI=1S/C14H21NO2S/c1-4-11(10-16)14(17)15(3)12-6-8-13(9-7-12)18-5-2/h6-9,11,16H,4-5,10H2,1-3H3. The van der Waals surface area contributed by atoms with Crippen molar-refractivity contribution in [3.63, 3.8) is 0 Å². The molecule has 1 N–H and O–H groups in total. The van der Waals surface area contributed by atoms with Crippen molar-refractivity contribution in [2.24, 2.45) is 5.92 Å². The predicted octanol–water partition coefficient (Wildman–Crippen LogP) is 2.78. The Morgan fingerprint density at radius 1 is 1.33 bits per heavy atom. The van der Waals surface area contributed by atoms with E-state index in [0.29, 0.717) is 6.42 Å². The molecule has 1 atom stereocenters. The Morgan fingerprint density at radius 3 is 2.39 bits per heavy atom. The summed E-state index contributed by atoms with van der Waals surface area (Å²) in [5, 5.41) is 9.16. The van der Waals surface area contributed by atoms with E-state index in [-0.39, 0.29) is 18.4 Å². The van der Waals surface area contributed by atoms with Crippen molar-refractivity contribution in [1.29, 1.82) is 0 Å². The highest BCUT2D eigenvalue weighted by Crippen LogP contribution is 2.22. The van der Waals surface area contributed by atoms with Crippen LogP contribution in [0.1, 0.15) is 20.3 Å². The molecule has 1 rings (SSSR count). The minimum absolute atomic E-state index is 0.0316. The van der Waals surface area contributed by atoms with Crippen molar-refractivity contribution in [3.8, 4) is 0 Å². The molecule has 0 aliphatic heterocycles. The number of carbonyl (C=O) groups is 1. The monoisotopic (exact) mass is 267 g/mol. The Labute approximate surface area is 113 Å². The molecular weight excluding hydrogens is 246 g/mol. The second kappa shape index (κ2) is 7.44. The lowest BCUT2D eigenvalue weighted by Crippen LogP contribution is -2.34. The van der Waals surface area contributed by atoms with Crippen molar-refractivity contribution in [2.75, 3.05) is 24.3 Å². The summed E-state index contributed by atoms with van der Waals surface area (Å²) >= 11 is 1.78. The first-order chi connectivity index (χ1) is 8.63. The van der Waals surface area contributed by atoms with Gasteiger partial charge in [-0.05, 0) is 36.4 Å². The van der Waals surface area contributed by atoms with Gasteiger partial charge in [0.15, 0.2) is 0 Å². The second-order valence-corrected chi connectivity index (χ2v) is 5.45. The summed E-state index contributed by atoms with van der Waals surface area (Å²) in [6.45, 7) is 3.93. The van der Waals surface area contributed by atoms with Crippen molar-refractivity contribution in [1.82, 2.24) is 0 Å². The van der Waals surface area contributed by atoms with E-state index in [1.54, 1.807) is 23.7 Å². The number of rotatable bonds is 6. The summed E-state index contributed by atoms with van der Waals surface area (Å²) in [4.78, 5) is 14.9. The van der Waals surface area contributed by atoms with Gasteiger partial charge >= 0.3 is 0 Å². The Hall–Kier alpha value is -1.00. The van der Waals surface area contributed by atoms with Crippen molar-refractivity contribution < 1.29 is 9.90 Å². The highest BCUT2D eigenvalue weighted by atomic mass is 32.2. The van der Waals surface area contributed by atoms with Crippen molar-refractivity contribution in [2.45, 2.75) is 25.2 Å². The molecule has 0 aromatic heterocycles. The molecule has 3 nitrogen and oxygen atoms in total. The Kier molecular flexibility index (Phi) is 6.22. The first-order valence-corrected chi connectivity index (χ1v) is 7.23. The first kappa shape index (κ1) is 15.1. The lowest BCUT2D eigenvalue weighted by molar-refractivity contribution is -0.123. The molecular formula is C14H21NO2S. The number of carbonyl (C=O) groups excluding carboxylic acids is 1. The van der Waals surface area contributed by atoms with Crippen LogP contribution < -0.4 is 4.90 Å². The Morgan fingerprint density at radius 2 is 1.94 bits per heavy atom. The molecule has 1 amide bonds. The van der Waals surface area contributed by atoms with Crippen LogP contribution >= 0.6 is 11.8 Å². The van der Waals surface area contributed by atoms with Crippen LogP contribution in [-0.4, -0.2) is 30.4 Å². The summed E-state index contributed by atoms with van der Waals surface area (Å²) < 4.78 is 0. The number of thioether (sulfide) groups is 1. The molecule has 0 aliphatic rings. The third-order valence-electron chi connectivity index (χ3n) is 2.93. The van der Waals surface area contributed by atoms with Gasteiger partial charge in [0, 0.05) is 17.6 Å². The summed E-state index contributed by atoms with van der Waals surface area (Å²) in [6, 6.07) is 7.93. The van der Waals surface area contributed by atoms with Crippen LogP contribution in [0.25, 0.3) is 0 Å². The summed E-state index contributed by atoms with van der Waals surface area (Å²) in [7, 11) is 1.75. The maximum atomic E-state index is 12.1. The van der Waals surface area contributed by atoms with Gasteiger partial charge in [0.05, 0.1) is 12.5 Å². The number of hydrogen-bond donors (Lipinski definition) is 1. The van der Waals surface area contributed by atoms with Crippen LogP contribution in [0.5, 0.6) is 0 Å². The van der Waals surface area contributed by atoms with Gasteiger partial charge in [-0.15, -0.1) is 11.8 Å². The lowest BCUT2D eigenvalue weighted by Gasteiger charge is -2.22. The highest BCUT2D eigenvalue weighted by Gasteiger charge is 2.20. The lowest BCUT2D eigenvalue weighted by atomic mass is 10.1. The Balaban J connectivity index is 2.77. The van der Waals surface area contributed by atoms with Crippen LogP contribution in [0.15, 0.2) is 29.2 Å². The molecule has 100 valence electrons. The first-order valence-electron chi connectivity index (χ1n) is 6.25. The van der Waals surface area contributed by atoms with Gasteiger partial charge in [-0.2, -0.15) is 0 Å². The third kappa shape index (κ3) is 3.75. The van der Waals surface area contributed by atoms with Crippen molar-refractivity contribution >= 4 is 23.4 Å². The van der Waals surface area contributed by atoms with E-state index in [1.165, 1.54) is 4.90 Å². The van der Waals surface area contributed by atoms with Crippen LogP contribution in [0.3, 0.4) is 0 Å². The number of hydrogen-bond acceptors (Lipinski definition) is 3. The quantitative estimate of drug-likeness (QED) is 0.806. The van der Waals surface area contributed by atoms with Gasteiger partial charge in [0.2, 0.25) is 5.91 Å². The summed E-state index contributed by atoms with van der Waals surface area (Å²) in [5.41, 5.74) is 0.868. The van der Waals surface area contributed by atoms with Crippen molar-refractivity contribution in [3.05, 3.63) is 24.3 Å². The minimum Gasteiger partial charge on any atom is -0.396 e. The average molecular weight is 267 g/mol. The number of aliphatic hydroxyl groups is 1. The highest BCUT2D eigenvalue weighted by molar-refractivity contribution is 7.99. The maximum absolute atomic E-state index is 12.1. The number of benzene rings is 1. The van der Waals surface area contributed by atoms with Gasteiger partial charge < -0.3 is 10.0 Å². The van der Waals surface area contributed by atoms with E-state index < -0.39 is 0 Å². The SMILES string of the molecule is CCSc1ccc(N(C)C(=O)C(CC)CO)cc1. The molecule has 18 heavy (non-hydrogen) atoms. The van der Waals surface area contributed by atoms with E-state index in [2.05, 4.69) is 6.92 Å². The third-order valence-corrected chi connectivity index (χ3v) is 3.82. The van der Waals surface area contributed by atoms with Crippen LogP contribution in [-0.2, 0) is 4.79 Å². The number of anilines is 1. The number of aliphatic hydroxyl groups excluding tert-OH is 1. The van der Waals surface area contributed by atoms with Gasteiger partial charge in [-0.25, -0.2) is 0 Å². The van der Waals surface area contributed by atoms with Crippen LogP contribution in [0.4, 0.5) is 5.69 Å². The molecule has 1 aromatic rings. The Bertz CT molecular complexity index is 374. The fraction of sp³-hybridized carbons (Fsp3) is 0.500. The van der Waals surface area contributed by atoms with E-state index in [0.717, 1.165) is 11.4 Å².